The highest BCUT2D eigenvalue weighted by Crippen LogP contribution is 2.12. The van der Waals surface area contributed by atoms with Gasteiger partial charge in [0, 0.05) is 18.6 Å². The summed E-state index contributed by atoms with van der Waals surface area (Å²) < 4.78 is 0. The molecule has 1 aliphatic rings. The molecule has 18 heavy (non-hydrogen) atoms. The Morgan fingerprint density at radius 2 is 2.17 bits per heavy atom. The maximum Gasteiger partial charge on any atom is 0.236 e. The van der Waals surface area contributed by atoms with Crippen LogP contribution in [0.15, 0.2) is 0 Å². The summed E-state index contributed by atoms with van der Waals surface area (Å²) in [6, 6.07) is 0.894. The fourth-order valence-corrected chi connectivity index (χ4v) is 2.52. The topological polar surface area (TPSA) is 53.2 Å². The normalized spacial score (nSPS) is 23.4. The average molecular weight is 255 g/mol. The third kappa shape index (κ3) is 5.83. The van der Waals surface area contributed by atoms with Gasteiger partial charge in [-0.05, 0) is 46.1 Å². The van der Waals surface area contributed by atoms with Gasteiger partial charge in [-0.1, -0.05) is 13.3 Å². The van der Waals surface area contributed by atoms with Crippen LogP contribution in [-0.4, -0.2) is 37.1 Å². The lowest BCUT2D eigenvalue weighted by Gasteiger charge is -2.28. The van der Waals surface area contributed by atoms with Crippen molar-refractivity contribution in [2.24, 2.45) is 0 Å². The van der Waals surface area contributed by atoms with E-state index in [0.29, 0.717) is 12.1 Å². The molecule has 0 aliphatic carbocycles. The van der Waals surface area contributed by atoms with Gasteiger partial charge in [0.1, 0.15) is 0 Å². The lowest BCUT2D eigenvalue weighted by molar-refractivity contribution is -0.122. The van der Waals surface area contributed by atoms with Gasteiger partial charge in [0.25, 0.3) is 0 Å². The Morgan fingerprint density at radius 1 is 1.39 bits per heavy atom. The molecule has 3 atom stereocenters. The molecule has 1 amide bonds. The molecule has 4 nitrogen and oxygen atoms in total. The standard InChI is InChI=1S/C14H29N3O/c1-4-8-16-14(18)12(3)17-11(2)10-13-7-5-6-9-15-13/h11-13,15,17H,4-10H2,1-3H3,(H,16,18). The first-order chi connectivity index (χ1) is 8.63. The zero-order valence-electron chi connectivity index (χ0n) is 12.1. The van der Waals surface area contributed by atoms with E-state index >= 15 is 0 Å². The summed E-state index contributed by atoms with van der Waals surface area (Å²) in [5, 5.41) is 9.85. The number of amides is 1. The van der Waals surface area contributed by atoms with Gasteiger partial charge in [0.15, 0.2) is 0 Å². The van der Waals surface area contributed by atoms with Gasteiger partial charge in [0.2, 0.25) is 5.91 Å². The molecule has 0 bridgehead atoms. The van der Waals surface area contributed by atoms with Crippen molar-refractivity contribution in [3.05, 3.63) is 0 Å². The highest BCUT2D eigenvalue weighted by molar-refractivity contribution is 5.81. The number of hydrogen-bond acceptors (Lipinski definition) is 3. The van der Waals surface area contributed by atoms with Crippen LogP contribution in [-0.2, 0) is 4.79 Å². The highest BCUT2D eigenvalue weighted by atomic mass is 16.2. The smallest absolute Gasteiger partial charge is 0.236 e. The molecule has 0 radical (unpaired) electrons. The van der Waals surface area contributed by atoms with E-state index in [4.69, 9.17) is 0 Å². The van der Waals surface area contributed by atoms with Crippen molar-refractivity contribution in [3.63, 3.8) is 0 Å². The lowest BCUT2D eigenvalue weighted by atomic mass is 9.98. The predicted octanol–water partition coefficient (Wildman–Crippen LogP) is 1.41. The highest BCUT2D eigenvalue weighted by Gasteiger charge is 2.19. The summed E-state index contributed by atoms with van der Waals surface area (Å²) >= 11 is 0. The van der Waals surface area contributed by atoms with Crippen molar-refractivity contribution in [1.29, 1.82) is 0 Å². The third-order valence-corrected chi connectivity index (χ3v) is 3.53. The molecular formula is C14H29N3O. The van der Waals surface area contributed by atoms with Crippen LogP contribution in [0.2, 0.25) is 0 Å². The number of carbonyl (C=O) groups is 1. The summed E-state index contributed by atoms with van der Waals surface area (Å²) in [6.07, 6.45) is 5.99. The number of nitrogens with one attached hydrogen (secondary N) is 3. The molecule has 0 aromatic heterocycles. The minimum absolute atomic E-state index is 0.102. The Kier molecular flexibility index (Phi) is 7.28. The quantitative estimate of drug-likeness (QED) is 0.645. The van der Waals surface area contributed by atoms with Gasteiger partial charge >= 0.3 is 0 Å². The Hall–Kier alpha value is -0.610. The molecule has 1 saturated heterocycles. The molecule has 1 rings (SSSR count). The number of carbonyl (C=O) groups excluding carboxylic acids is 1. The zero-order valence-corrected chi connectivity index (χ0v) is 12.1. The Labute approximate surface area is 111 Å². The van der Waals surface area contributed by atoms with E-state index in [9.17, 15) is 4.79 Å². The molecule has 1 heterocycles. The van der Waals surface area contributed by atoms with E-state index in [1.165, 1.54) is 19.3 Å². The monoisotopic (exact) mass is 255 g/mol. The van der Waals surface area contributed by atoms with Crippen molar-refractivity contribution in [2.45, 2.75) is 71.0 Å². The molecule has 1 fully saturated rings. The maximum atomic E-state index is 11.7. The second kappa shape index (κ2) is 8.48. The number of rotatable bonds is 7. The van der Waals surface area contributed by atoms with Crippen LogP contribution in [0.5, 0.6) is 0 Å². The summed E-state index contributed by atoms with van der Waals surface area (Å²) in [7, 11) is 0. The van der Waals surface area contributed by atoms with Crippen LogP contribution >= 0.6 is 0 Å². The Bertz CT molecular complexity index is 239. The second-order valence-corrected chi connectivity index (χ2v) is 5.46. The van der Waals surface area contributed by atoms with Crippen LogP contribution in [0.3, 0.4) is 0 Å². The molecule has 4 heteroatoms. The van der Waals surface area contributed by atoms with Gasteiger partial charge in [0.05, 0.1) is 6.04 Å². The van der Waals surface area contributed by atoms with Gasteiger partial charge in [-0.3, -0.25) is 4.79 Å². The van der Waals surface area contributed by atoms with Gasteiger partial charge in [-0.25, -0.2) is 0 Å². The second-order valence-electron chi connectivity index (χ2n) is 5.46. The summed E-state index contributed by atoms with van der Waals surface area (Å²) in [5.74, 6) is 0.111. The van der Waals surface area contributed by atoms with E-state index in [1.54, 1.807) is 0 Å². The number of piperidine rings is 1. The molecule has 106 valence electrons. The molecule has 0 saturated carbocycles. The molecule has 0 aromatic carbocycles. The van der Waals surface area contributed by atoms with Crippen molar-refractivity contribution in [2.75, 3.05) is 13.1 Å². The molecule has 1 aliphatic heterocycles. The third-order valence-electron chi connectivity index (χ3n) is 3.53. The van der Waals surface area contributed by atoms with E-state index in [2.05, 4.69) is 29.8 Å². The zero-order chi connectivity index (χ0) is 13.4. The van der Waals surface area contributed by atoms with E-state index < -0.39 is 0 Å². The lowest BCUT2D eigenvalue weighted by Crippen LogP contribution is -2.48. The minimum Gasteiger partial charge on any atom is -0.355 e. The predicted molar refractivity (Wildman–Crippen MR) is 75.6 cm³/mol. The average Bonchev–Trinajstić information content (AvgIpc) is 2.36. The van der Waals surface area contributed by atoms with Crippen LogP contribution in [0.1, 0.15) is 52.9 Å². The van der Waals surface area contributed by atoms with Gasteiger partial charge in [-0.2, -0.15) is 0 Å². The first-order valence-corrected chi connectivity index (χ1v) is 7.40. The first kappa shape index (κ1) is 15.4. The summed E-state index contributed by atoms with van der Waals surface area (Å²) in [4.78, 5) is 11.7. The van der Waals surface area contributed by atoms with Crippen LogP contribution in [0.25, 0.3) is 0 Å². The Morgan fingerprint density at radius 3 is 2.78 bits per heavy atom. The molecule has 0 spiro atoms. The van der Waals surface area contributed by atoms with E-state index in [1.807, 2.05) is 6.92 Å². The van der Waals surface area contributed by atoms with E-state index in [0.717, 1.165) is 25.9 Å². The van der Waals surface area contributed by atoms with Gasteiger partial charge in [-0.15, -0.1) is 0 Å². The van der Waals surface area contributed by atoms with Gasteiger partial charge < -0.3 is 16.0 Å². The minimum atomic E-state index is -0.102. The van der Waals surface area contributed by atoms with Crippen molar-refractivity contribution >= 4 is 5.91 Å². The molecule has 0 aromatic rings. The van der Waals surface area contributed by atoms with Crippen molar-refractivity contribution < 1.29 is 4.79 Å². The van der Waals surface area contributed by atoms with Crippen molar-refractivity contribution in [3.8, 4) is 0 Å². The van der Waals surface area contributed by atoms with Crippen LogP contribution in [0, 0.1) is 0 Å². The fourth-order valence-electron chi connectivity index (χ4n) is 2.52. The Balaban J connectivity index is 2.21. The fraction of sp³-hybridized carbons (Fsp3) is 0.929. The molecule has 3 N–H and O–H groups in total. The van der Waals surface area contributed by atoms with E-state index in [-0.39, 0.29) is 11.9 Å². The largest absolute Gasteiger partial charge is 0.355 e. The number of hydrogen-bond donors (Lipinski definition) is 3. The van der Waals surface area contributed by atoms with Crippen LogP contribution < -0.4 is 16.0 Å². The molecular weight excluding hydrogens is 226 g/mol. The SMILES string of the molecule is CCCNC(=O)C(C)NC(C)CC1CCCCN1. The summed E-state index contributed by atoms with van der Waals surface area (Å²) in [6.45, 7) is 8.08. The van der Waals surface area contributed by atoms with Crippen LogP contribution in [0.4, 0.5) is 0 Å². The first-order valence-electron chi connectivity index (χ1n) is 7.40. The summed E-state index contributed by atoms with van der Waals surface area (Å²) in [5.41, 5.74) is 0. The maximum absolute atomic E-state index is 11.7. The molecule has 3 unspecified atom stereocenters. The van der Waals surface area contributed by atoms with Crippen molar-refractivity contribution in [1.82, 2.24) is 16.0 Å².